The van der Waals surface area contributed by atoms with Gasteiger partial charge in [-0.25, -0.2) is 4.98 Å². The van der Waals surface area contributed by atoms with Crippen LogP contribution >= 0.6 is 0 Å². The molecule has 0 aliphatic rings. The number of rotatable bonds is 6. The monoisotopic (exact) mass is 279 g/mol. The van der Waals surface area contributed by atoms with Gasteiger partial charge in [-0.2, -0.15) is 18.2 Å². The van der Waals surface area contributed by atoms with E-state index < -0.39 is 12.3 Å². The molecule has 1 aromatic rings. The fourth-order valence-electron chi connectivity index (χ4n) is 1.23. The molecule has 1 atom stereocenters. The molecule has 0 spiro atoms. The fourth-order valence-corrected chi connectivity index (χ4v) is 1.23. The van der Waals surface area contributed by atoms with E-state index in [2.05, 4.69) is 15.3 Å². The topological polar surface area (TPSA) is 56.3 Å². The van der Waals surface area contributed by atoms with Crippen molar-refractivity contribution in [2.75, 3.05) is 19.0 Å². The molecule has 0 aromatic carbocycles. The molecule has 0 bridgehead atoms. The maximum Gasteiger partial charge on any atom is 0.425 e. The van der Waals surface area contributed by atoms with Crippen molar-refractivity contribution in [1.29, 1.82) is 0 Å². The third-order valence-corrected chi connectivity index (χ3v) is 2.27. The molecule has 0 radical (unpaired) electrons. The van der Waals surface area contributed by atoms with Crippen LogP contribution in [0.4, 0.5) is 19.0 Å². The van der Waals surface area contributed by atoms with Crippen molar-refractivity contribution in [2.24, 2.45) is 0 Å². The van der Waals surface area contributed by atoms with Crippen LogP contribution < -0.4 is 14.8 Å². The largest absolute Gasteiger partial charge is 0.489 e. The Labute approximate surface area is 109 Å². The van der Waals surface area contributed by atoms with Gasteiger partial charge < -0.3 is 14.8 Å². The van der Waals surface area contributed by atoms with Gasteiger partial charge in [-0.3, -0.25) is 0 Å². The van der Waals surface area contributed by atoms with Crippen molar-refractivity contribution in [2.45, 2.75) is 32.5 Å². The molecule has 1 unspecified atom stereocenters. The van der Waals surface area contributed by atoms with Crippen molar-refractivity contribution in [3.8, 4) is 11.6 Å². The first-order chi connectivity index (χ1) is 8.90. The van der Waals surface area contributed by atoms with Gasteiger partial charge in [0.05, 0.1) is 7.11 Å². The molecule has 1 heterocycles. The number of anilines is 1. The first-order valence-electron chi connectivity index (χ1n) is 5.76. The zero-order chi connectivity index (χ0) is 14.5. The quantitative estimate of drug-likeness (QED) is 0.867. The minimum atomic E-state index is -4.47. The number of nitrogens with zero attached hydrogens (tertiary/aromatic N) is 2. The molecule has 1 aromatic heterocycles. The molecule has 0 aliphatic carbocycles. The van der Waals surface area contributed by atoms with Crippen LogP contribution in [0, 0.1) is 0 Å². The number of alkyl halides is 3. The first-order valence-corrected chi connectivity index (χ1v) is 5.76. The number of nitrogens with one attached hydrogen (secondary N) is 1. The second-order valence-electron chi connectivity index (χ2n) is 3.79. The van der Waals surface area contributed by atoms with Gasteiger partial charge in [0.15, 0.2) is 11.9 Å². The number of hydrogen-bond donors (Lipinski definition) is 1. The molecule has 1 rings (SSSR count). The summed E-state index contributed by atoms with van der Waals surface area (Å²) in [6.45, 7) is 3.46. The zero-order valence-corrected chi connectivity index (χ0v) is 10.9. The summed E-state index contributed by atoms with van der Waals surface area (Å²) in [7, 11) is 1.32. The van der Waals surface area contributed by atoms with Gasteiger partial charge in [0.2, 0.25) is 5.75 Å². The second-order valence-corrected chi connectivity index (χ2v) is 3.79. The maximum atomic E-state index is 12.4. The van der Waals surface area contributed by atoms with E-state index in [0.29, 0.717) is 12.4 Å². The minimum absolute atomic E-state index is 0.0621. The van der Waals surface area contributed by atoms with Gasteiger partial charge >= 0.3 is 6.18 Å². The Morgan fingerprint density at radius 2 is 2.05 bits per heavy atom. The Bertz CT molecular complexity index is 413. The van der Waals surface area contributed by atoms with Crippen molar-refractivity contribution in [3.05, 3.63) is 6.33 Å². The smallest absolute Gasteiger partial charge is 0.425 e. The normalized spacial score (nSPS) is 12.9. The molecule has 0 fully saturated rings. The first kappa shape index (κ1) is 15.3. The fraction of sp³-hybridized carbons (Fsp3) is 0.636. The SMILES string of the molecule is CCCNc1ncnc(OC(C)C(F)(F)F)c1OC. The minimum Gasteiger partial charge on any atom is -0.489 e. The van der Waals surface area contributed by atoms with Crippen molar-refractivity contribution < 1.29 is 22.6 Å². The highest BCUT2D eigenvalue weighted by atomic mass is 19.4. The third-order valence-electron chi connectivity index (χ3n) is 2.27. The van der Waals surface area contributed by atoms with Gasteiger partial charge in [-0.05, 0) is 13.3 Å². The van der Waals surface area contributed by atoms with Crippen LogP contribution in [0.3, 0.4) is 0 Å². The van der Waals surface area contributed by atoms with Crippen LogP contribution in [0.5, 0.6) is 11.6 Å². The van der Waals surface area contributed by atoms with Crippen LogP contribution in [0.25, 0.3) is 0 Å². The summed E-state index contributed by atoms with van der Waals surface area (Å²) < 4.78 is 47.1. The predicted octanol–water partition coefficient (Wildman–Crippen LogP) is 2.64. The molecule has 0 saturated heterocycles. The Kier molecular flexibility index (Phi) is 5.20. The summed E-state index contributed by atoms with van der Waals surface area (Å²) >= 11 is 0. The zero-order valence-electron chi connectivity index (χ0n) is 10.9. The van der Waals surface area contributed by atoms with Crippen LogP contribution in [0.1, 0.15) is 20.3 Å². The molecular formula is C11H16F3N3O2. The van der Waals surface area contributed by atoms with Gasteiger partial charge in [0, 0.05) is 6.54 Å². The summed E-state index contributed by atoms with van der Waals surface area (Å²) in [4.78, 5) is 7.58. The highest BCUT2D eigenvalue weighted by molar-refractivity contribution is 5.55. The molecule has 1 N–H and O–H groups in total. The van der Waals surface area contributed by atoms with Crippen LogP contribution in [-0.2, 0) is 0 Å². The standard InChI is InChI=1S/C11H16F3N3O2/c1-4-5-15-9-8(18-3)10(17-6-16-9)19-7(2)11(12,13)14/h6-7H,4-5H2,1-3H3,(H,15,16,17). The number of halogens is 3. The lowest BCUT2D eigenvalue weighted by atomic mass is 10.4. The van der Waals surface area contributed by atoms with E-state index >= 15 is 0 Å². The highest BCUT2D eigenvalue weighted by Crippen LogP contribution is 2.33. The van der Waals surface area contributed by atoms with Crippen LogP contribution in [0.2, 0.25) is 0 Å². The summed E-state index contributed by atoms with van der Waals surface area (Å²) in [5.41, 5.74) is 0. The highest BCUT2D eigenvalue weighted by Gasteiger charge is 2.39. The average molecular weight is 279 g/mol. The third kappa shape index (κ3) is 4.15. The Balaban J connectivity index is 2.94. The maximum absolute atomic E-state index is 12.4. The van der Waals surface area contributed by atoms with Gasteiger partial charge in [-0.15, -0.1) is 0 Å². The van der Waals surface area contributed by atoms with Gasteiger partial charge in [0.1, 0.15) is 6.33 Å². The van der Waals surface area contributed by atoms with E-state index in [-0.39, 0.29) is 11.6 Å². The van der Waals surface area contributed by atoms with E-state index in [1.165, 1.54) is 7.11 Å². The number of hydrogen-bond acceptors (Lipinski definition) is 5. The molecule has 0 saturated carbocycles. The molecule has 8 heteroatoms. The molecule has 0 aliphatic heterocycles. The second kappa shape index (κ2) is 6.44. The number of methoxy groups -OCH3 is 1. The van der Waals surface area contributed by atoms with Gasteiger partial charge in [-0.1, -0.05) is 6.92 Å². The van der Waals surface area contributed by atoms with E-state index in [1.54, 1.807) is 0 Å². The number of ether oxygens (including phenoxy) is 2. The van der Waals surface area contributed by atoms with E-state index in [1.807, 2.05) is 6.92 Å². The summed E-state index contributed by atoms with van der Waals surface area (Å²) in [6.07, 6.45) is -4.48. The Morgan fingerprint density at radius 3 is 2.58 bits per heavy atom. The average Bonchev–Trinajstić information content (AvgIpc) is 2.35. The molecule has 0 amide bonds. The Hall–Kier alpha value is -1.73. The molecule has 5 nitrogen and oxygen atoms in total. The Morgan fingerprint density at radius 1 is 1.37 bits per heavy atom. The number of aromatic nitrogens is 2. The molecule has 108 valence electrons. The lowest BCUT2D eigenvalue weighted by molar-refractivity contribution is -0.190. The lowest BCUT2D eigenvalue weighted by Crippen LogP contribution is -2.31. The van der Waals surface area contributed by atoms with Crippen molar-refractivity contribution in [1.82, 2.24) is 9.97 Å². The predicted molar refractivity (Wildman–Crippen MR) is 63.5 cm³/mol. The summed E-state index contributed by atoms with van der Waals surface area (Å²) in [5.74, 6) is 0.136. The molecular weight excluding hydrogens is 263 g/mol. The van der Waals surface area contributed by atoms with Gasteiger partial charge in [0.25, 0.3) is 5.88 Å². The molecule has 19 heavy (non-hydrogen) atoms. The summed E-state index contributed by atoms with van der Waals surface area (Å²) in [6, 6.07) is 0. The van der Waals surface area contributed by atoms with Crippen LogP contribution in [0.15, 0.2) is 6.33 Å². The lowest BCUT2D eigenvalue weighted by Gasteiger charge is -2.19. The van der Waals surface area contributed by atoms with E-state index in [9.17, 15) is 13.2 Å². The van der Waals surface area contributed by atoms with Crippen molar-refractivity contribution >= 4 is 5.82 Å². The summed E-state index contributed by atoms with van der Waals surface area (Å²) in [5, 5.41) is 2.93. The van der Waals surface area contributed by atoms with Crippen molar-refractivity contribution in [3.63, 3.8) is 0 Å². The van der Waals surface area contributed by atoms with E-state index in [0.717, 1.165) is 19.7 Å². The van der Waals surface area contributed by atoms with E-state index in [4.69, 9.17) is 9.47 Å². The van der Waals surface area contributed by atoms with Crippen LogP contribution in [-0.4, -0.2) is 35.9 Å².